The van der Waals surface area contributed by atoms with Gasteiger partial charge in [0, 0.05) is 20.1 Å². The molecule has 88 valence electrons. The van der Waals surface area contributed by atoms with Crippen molar-refractivity contribution in [2.45, 2.75) is 19.3 Å². The molecule has 5 nitrogen and oxygen atoms in total. The number of hydrogen-bond donors (Lipinski definition) is 0. The van der Waals surface area contributed by atoms with Gasteiger partial charge in [0.2, 0.25) is 0 Å². The number of rotatable bonds is 3. The Morgan fingerprint density at radius 1 is 1.44 bits per heavy atom. The van der Waals surface area contributed by atoms with Crippen LogP contribution in [0, 0.1) is 0 Å². The number of aryl methyl sites for hydroxylation is 1. The number of carbonyl (C=O) groups excluding carboxylic acids is 1. The molecular weight excluding hydrogens is 206 g/mol. The Morgan fingerprint density at radius 3 is 2.81 bits per heavy atom. The normalized spacial score (nSPS) is 16.2. The van der Waals surface area contributed by atoms with Crippen molar-refractivity contribution in [3.05, 3.63) is 12.4 Å². The van der Waals surface area contributed by atoms with E-state index in [4.69, 9.17) is 4.74 Å². The first kappa shape index (κ1) is 11.0. The van der Waals surface area contributed by atoms with E-state index in [0.29, 0.717) is 5.75 Å². The van der Waals surface area contributed by atoms with E-state index in [1.165, 1.54) is 6.42 Å². The number of aromatic nitrogens is 2. The summed E-state index contributed by atoms with van der Waals surface area (Å²) in [5.74, 6) is 0.719. The number of hydrogen-bond acceptors (Lipinski definition) is 3. The second-order valence-electron chi connectivity index (χ2n) is 4.08. The van der Waals surface area contributed by atoms with Gasteiger partial charge < -0.3 is 9.64 Å². The van der Waals surface area contributed by atoms with Crippen LogP contribution in [0.4, 0.5) is 0 Å². The summed E-state index contributed by atoms with van der Waals surface area (Å²) >= 11 is 0. The first-order valence-corrected chi connectivity index (χ1v) is 5.65. The van der Waals surface area contributed by atoms with Crippen molar-refractivity contribution < 1.29 is 9.53 Å². The minimum Gasteiger partial charge on any atom is -0.480 e. The molecule has 5 heteroatoms. The minimum absolute atomic E-state index is 0.0727. The number of piperidine rings is 1. The molecule has 16 heavy (non-hydrogen) atoms. The molecule has 0 radical (unpaired) electrons. The summed E-state index contributed by atoms with van der Waals surface area (Å²) in [6.45, 7) is 1.86. The van der Waals surface area contributed by atoms with Gasteiger partial charge in [0.1, 0.15) is 0 Å². The molecule has 1 amide bonds. The first-order valence-electron chi connectivity index (χ1n) is 5.65. The van der Waals surface area contributed by atoms with Gasteiger partial charge in [0.25, 0.3) is 5.91 Å². The number of ether oxygens (including phenoxy) is 1. The third-order valence-electron chi connectivity index (χ3n) is 2.75. The quantitative estimate of drug-likeness (QED) is 0.762. The molecule has 0 atom stereocenters. The lowest BCUT2D eigenvalue weighted by molar-refractivity contribution is -0.134. The Morgan fingerprint density at radius 2 is 2.19 bits per heavy atom. The zero-order valence-corrected chi connectivity index (χ0v) is 9.56. The summed E-state index contributed by atoms with van der Waals surface area (Å²) < 4.78 is 7.02. The van der Waals surface area contributed by atoms with Gasteiger partial charge in [-0.25, -0.2) is 0 Å². The summed E-state index contributed by atoms with van der Waals surface area (Å²) in [5.41, 5.74) is 0. The second-order valence-corrected chi connectivity index (χ2v) is 4.08. The zero-order valence-electron chi connectivity index (χ0n) is 9.56. The Hall–Kier alpha value is -1.52. The van der Waals surface area contributed by atoms with Crippen LogP contribution in [-0.2, 0) is 11.8 Å². The molecule has 0 unspecified atom stereocenters. The second kappa shape index (κ2) is 5.01. The van der Waals surface area contributed by atoms with Crippen molar-refractivity contribution >= 4 is 5.91 Å². The first-order chi connectivity index (χ1) is 7.75. The van der Waals surface area contributed by atoms with E-state index in [2.05, 4.69) is 5.10 Å². The smallest absolute Gasteiger partial charge is 0.260 e. The largest absolute Gasteiger partial charge is 0.480 e. The molecule has 1 aliphatic heterocycles. The van der Waals surface area contributed by atoms with Crippen LogP contribution >= 0.6 is 0 Å². The van der Waals surface area contributed by atoms with Crippen LogP contribution in [0.5, 0.6) is 5.75 Å². The third kappa shape index (κ3) is 2.74. The van der Waals surface area contributed by atoms with Gasteiger partial charge in [0.05, 0.1) is 12.4 Å². The standard InChI is InChI=1S/C11H17N3O2/c1-13-8-10(7-12-13)16-9-11(15)14-5-3-2-4-6-14/h7-8H,2-6,9H2,1H3. The van der Waals surface area contributed by atoms with Crippen molar-refractivity contribution in [1.29, 1.82) is 0 Å². The Balaban J connectivity index is 1.78. The highest BCUT2D eigenvalue weighted by Gasteiger charge is 2.16. The maximum atomic E-state index is 11.8. The van der Waals surface area contributed by atoms with Gasteiger partial charge in [-0.1, -0.05) is 0 Å². The van der Waals surface area contributed by atoms with E-state index < -0.39 is 0 Å². The molecule has 0 N–H and O–H groups in total. The van der Waals surface area contributed by atoms with Crippen LogP contribution in [0.25, 0.3) is 0 Å². The summed E-state index contributed by atoms with van der Waals surface area (Å²) in [5, 5.41) is 3.97. The summed E-state index contributed by atoms with van der Waals surface area (Å²) in [7, 11) is 1.82. The molecule has 1 aromatic rings. The van der Waals surface area contributed by atoms with Crippen molar-refractivity contribution in [3.63, 3.8) is 0 Å². The van der Waals surface area contributed by atoms with E-state index in [9.17, 15) is 4.79 Å². The van der Waals surface area contributed by atoms with E-state index in [0.717, 1.165) is 25.9 Å². The molecular formula is C11H17N3O2. The SMILES string of the molecule is Cn1cc(OCC(=O)N2CCCCC2)cn1. The van der Waals surface area contributed by atoms with Crippen LogP contribution in [0.2, 0.25) is 0 Å². The monoisotopic (exact) mass is 223 g/mol. The molecule has 0 saturated carbocycles. The molecule has 0 aliphatic carbocycles. The van der Waals surface area contributed by atoms with Gasteiger partial charge in [-0.15, -0.1) is 0 Å². The predicted octanol–water partition coefficient (Wildman–Crippen LogP) is 0.811. The number of nitrogens with zero attached hydrogens (tertiary/aromatic N) is 3. The average molecular weight is 223 g/mol. The number of carbonyl (C=O) groups is 1. The highest BCUT2D eigenvalue weighted by atomic mass is 16.5. The molecule has 0 spiro atoms. The van der Waals surface area contributed by atoms with Crippen LogP contribution in [-0.4, -0.2) is 40.3 Å². The summed E-state index contributed by atoms with van der Waals surface area (Å²) in [4.78, 5) is 13.6. The molecule has 1 aliphatic rings. The van der Waals surface area contributed by atoms with Gasteiger partial charge >= 0.3 is 0 Å². The van der Waals surface area contributed by atoms with Crippen LogP contribution < -0.4 is 4.74 Å². The lowest BCUT2D eigenvalue weighted by Gasteiger charge is -2.26. The van der Waals surface area contributed by atoms with E-state index in [1.54, 1.807) is 17.1 Å². The maximum Gasteiger partial charge on any atom is 0.260 e. The van der Waals surface area contributed by atoms with Gasteiger partial charge in [-0.2, -0.15) is 5.10 Å². The fourth-order valence-corrected chi connectivity index (χ4v) is 1.85. The lowest BCUT2D eigenvalue weighted by Crippen LogP contribution is -2.38. The molecule has 1 aromatic heterocycles. The molecule has 2 rings (SSSR count). The van der Waals surface area contributed by atoms with E-state index in [-0.39, 0.29) is 12.5 Å². The van der Waals surface area contributed by atoms with Crippen molar-refractivity contribution in [3.8, 4) is 5.75 Å². The van der Waals surface area contributed by atoms with Gasteiger partial charge in [-0.3, -0.25) is 9.48 Å². The van der Waals surface area contributed by atoms with E-state index >= 15 is 0 Å². The molecule has 1 fully saturated rings. The van der Waals surface area contributed by atoms with E-state index in [1.807, 2.05) is 11.9 Å². The number of likely N-dealkylation sites (tertiary alicyclic amines) is 1. The maximum absolute atomic E-state index is 11.8. The van der Waals surface area contributed by atoms with Crippen molar-refractivity contribution in [2.24, 2.45) is 7.05 Å². The van der Waals surface area contributed by atoms with Crippen LogP contribution in [0.15, 0.2) is 12.4 Å². The molecule has 1 saturated heterocycles. The third-order valence-corrected chi connectivity index (χ3v) is 2.75. The van der Waals surface area contributed by atoms with Gasteiger partial charge in [0.15, 0.2) is 12.4 Å². The summed E-state index contributed by atoms with van der Waals surface area (Å²) in [6, 6.07) is 0. The summed E-state index contributed by atoms with van der Waals surface area (Å²) in [6.07, 6.45) is 6.82. The Bertz CT molecular complexity index is 356. The lowest BCUT2D eigenvalue weighted by atomic mass is 10.1. The van der Waals surface area contributed by atoms with Crippen LogP contribution in [0.1, 0.15) is 19.3 Å². The molecule has 0 bridgehead atoms. The minimum atomic E-state index is 0.0727. The molecule has 0 aromatic carbocycles. The molecule has 2 heterocycles. The highest BCUT2D eigenvalue weighted by Crippen LogP contribution is 2.10. The highest BCUT2D eigenvalue weighted by molar-refractivity contribution is 5.77. The fourth-order valence-electron chi connectivity index (χ4n) is 1.85. The van der Waals surface area contributed by atoms with Crippen LogP contribution in [0.3, 0.4) is 0 Å². The number of amides is 1. The van der Waals surface area contributed by atoms with Crippen molar-refractivity contribution in [2.75, 3.05) is 19.7 Å². The Kier molecular flexibility index (Phi) is 3.44. The fraction of sp³-hybridized carbons (Fsp3) is 0.636. The Labute approximate surface area is 95.0 Å². The van der Waals surface area contributed by atoms with Crippen molar-refractivity contribution in [1.82, 2.24) is 14.7 Å². The average Bonchev–Trinajstić information content (AvgIpc) is 2.73. The zero-order chi connectivity index (χ0) is 11.4. The predicted molar refractivity (Wildman–Crippen MR) is 59.1 cm³/mol. The topological polar surface area (TPSA) is 47.4 Å². The van der Waals surface area contributed by atoms with Gasteiger partial charge in [-0.05, 0) is 19.3 Å².